The molecule has 1 aliphatic rings. The van der Waals surface area contributed by atoms with Crippen LogP contribution in [0.1, 0.15) is 24.5 Å². The van der Waals surface area contributed by atoms with Gasteiger partial charge in [-0.3, -0.25) is 0 Å². The van der Waals surface area contributed by atoms with Crippen LogP contribution < -0.4 is 5.32 Å². The molecule has 17 heavy (non-hydrogen) atoms. The second-order valence-electron chi connectivity index (χ2n) is 4.88. The van der Waals surface area contributed by atoms with E-state index < -0.39 is 0 Å². The van der Waals surface area contributed by atoms with E-state index in [0.717, 1.165) is 30.3 Å². The van der Waals surface area contributed by atoms with Crippen LogP contribution in [0.15, 0.2) is 18.2 Å². The van der Waals surface area contributed by atoms with E-state index in [9.17, 15) is 0 Å². The first-order valence-electron chi connectivity index (χ1n) is 6.23. The highest BCUT2D eigenvalue weighted by Gasteiger charge is 2.21. The Bertz CT molecular complexity index is 374. The highest BCUT2D eigenvalue weighted by molar-refractivity contribution is 6.31. The Hall–Kier alpha value is -0.570. The van der Waals surface area contributed by atoms with Crippen molar-refractivity contribution in [3.05, 3.63) is 34.3 Å². The molecular formula is C14H20ClNO. The molecule has 1 aromatic rings. The van der Waals surface area contributed by atoms with E-state index in [1.807, 2.05) is 13.0 Å². The van der Waals surface area contributed by atoms with Gasteiger partial charge >= 0.3 is 0 Å². The van der Waals surface area contributed by atoms with Crippen LogP contribution >= 0.6 is 11.6 Å². The van der Waals surface area contributed by atoms with E-state index in [1.54, 1.807) is 0 Å². The molecule has 2 rings (SSSR count). The second-order valence-corrected chi connectivity index (χ2v) is 5.28. The van der Waals surface area contributed by atoms with Gasteiger partial charge in [-0.15, -0.1) is 0 Å². The molecule has 0 amide bonds. The van der Waals surface area contributed by atoms with E-state index in [1.165, 1.54) is 12.0 Å². The van der Waals surface area contributed by atoms with Gasteiger partial charge in [0.2, 0.25) is 0 Å². The van der Waals surface area contributed by atoms with Crippen LogP contribution in [-0.2, 0) is 11.3 Å². The van der Waals surface area contributed by atoms with E-state index in [-0.39, 0.29) is 0 Å². The number of rotatable bonds is 4. The Kier molecular flexibility index (Phi) is 4.43. The monoisotopic (exact) mass is 253 g/mol. The van der Waals surface area contributed by atoms with E-state index >= 15 is 0 Å². The van der Waals surface area contributed by atoms with Crippen molar-refractivity contribution in [2.75, 3.05) is 13.2 Å². The lowest BCUT2D eigenvalue weighted by Crippen LogP contribution is -2.33. The second kappa shape index (κ2) is 5.85. The summed E-state index contributed by atoms with van der Waals surface area (Å²) in [7, 11) is 0. The number of benzene rings is 1. The number of nitrogens with one attached hydrogen (secondary N) is 1. The zero-order chi connectivity index (χ0) is 12.3. The van der Waals surface area contributed by atoms with Crippen molar-refractivity contribution in [1.29, 1.82) is 0 Å². The van der Waals surface area contributed by atoms with Crippen LogP contribution in [0.5, 0.6) is 0 Å². The number of hydrogen-bond acceptors (Lipinski definition) is 2. The fourth-order valence-electron chi connectivity index (χ4n) is 2.14. The molecule has 94 valence electrons. The summed E-state index contributed by atoms with van der Waals surface area (Å²) in [5.74, 6) is 0.649. The maximum Gasteiger partial charge on any atom is 0.0509 e. The summed E-state index contributed by atoms with van der Waals surface area (Å²) in [5.41, 5.74) is 2.37. The highest BCUT2D eigenvalue weighted by atomic mass is 35.5. The van der Waals surface area contributed by atoms with Gasteiger partial charge in [0, 0.05) is 24.2 Å². The molecular weight excluding hydrogens is 234 g/mol. The zero-order valence-corrected chi connectivity index (χ0v) is 11.3. The Balaban J connectivity index is 1.86. The molecule has 2 unspecified atom stereocenters. The van der Waals surface area contributed by atoms with Gasteiger partial charge in [0.1, 0.15) is 0 Å². The standard InChI is InChI=1S/C14H20ClNO/c1-10-3-4-12(7-14(10)15)8-16-11(2)13-5-6-17-9-13/h3-4,7,11,13,16H,5-6,8-9H2,1-2H3. The van der Waals surface area contributed by atoms with Crippen LogP contribution in [0, 0.1) is 12.8 Å². The predicted octanol–water partition coefficient (Wildman–Crippen LogP) is 3.16. The molecule has 1 saturated heterocycles. The van der Waals surface area contributed by atoms with Crippen LogP contribution in [0.3, 0.4) is 0 Å². The molecule has 0 spiro atoms. The maximum absolute atomic E-state index is 6.11. The predicted molar refractivity (Wildman–Crippen MR) is 71.4 cm³/mol. The fraction of sp³-hybridized carbons (Fsp3) is 0.571. The minimum atomic E-state index is 0.498. The van der Waals surface area contributed by atoms with Crippen molar-refractivity contribution in [1.82, 2.24) is 5.32 Å². The quantitative estimate of drug-likeness (QED) is 0.890. The van der Waals surface area contributed by atoms with Gasteiger partial charge in [-0.2, -0.15) is 0 Å². The normalized spacial score (nSPS) is 21.7. The third-order valence-corrected chi connectivity index (χ3v) is 3.94. The van der Waals surface area contributed by atoms with Crippen molar-refractivity contribution in [3.8, 4) is 0 Å². The average Bonchev–Trinajstić information content (AvgIpc) is 2.84. The van der Waals surface area contributed by atoms with Gasteiger partial charge in [-0.05, 0) is 43.4 Å². The number of hydrogen-bond donors (Lipinski definition) is 1. The molecule has 1 heterocycles. The van der Waals surface area contributed by atoms with Crippen LogP contribution in [-0.4, -0.2) is 19.3 Å². The summed E-state index contributed by atoms with van der Waals surface area (Å²) in [4.78, 5) is 0. The smallest absolute Gasteiger partial charge is 0.0509 e. The van der Waals surface area contributed by atoms with Crippen LogP contribution in [0.2, 0.25) is 5.02 Å². The lowest BCUT2D eigenvalue weighted by molar-refractivity contribution is 0.178. The lowest BCUT2D eigenvalue weighted by Gasteiger charge is -2.19. The van der Waals surface area contributed by atoms with Gasteiger partial charge < -0.3 is 10.1 Å². The van der Waals surface area contributed by atoms with E-state index in [4.69, 9.17) is 16.3 Å². The zero-order valence-electron chi connectivity index (χ0n) is 10.5. The number of ether oxygens (including phenoxy) is 1. The average molecular weight is 254 g/mol. The van der Waals surface area contributed by atoms with Crippen molar-refractivity contribution in [3.63, 3.8) is 0 Å². The van der Waals surface area contributed by atoms with Crippen molar-refractivity contribution in [2.24, 2.45) is 5.92 Å². The van der Waals surface area contributed by atoms with E-state index in [2.05, 4.69) is 24.4 Å². The molecule has 0 aliphatic carbocycles. The molecule has 2 nitrogen and oxygen atoms in total. The molecule has 1 fully saturated rings. The molecule has 1 aromatic carbocycles. The molecule has 3 heteroatoms. The summed E-state index contributed by atoms with van der Waals surface area (Å²) in [6, 6.07) is 6.74. The molecule has 1 N–H and O–H groups in total. The first kappa shape index (κ1) is 12.9. The van der Waals surface area contributed by atoms with Gasteiger partial charge in [0.25, 0.3) is 0 Å². The largest absolute Gasteiger partial charge is 0.381 e. The summed E-state index contributed by atoms with van der Waals surface area (Å²) >= 11 is 6.11. The lowest BCUT2D eigenvalue weighted by atomic mass is 10.0. The Labute approximate surface area is 108 Å². The number of halogens is 1. The number of aryl methyl sites for hydroxylation is 1. The molecule has 0 saturated carbocycles. The van der Waals surface area contributed by atoms with Gasteiger partial charge in [0.15, 0.2) is 0 Å². The van der Waals surface area contributed by atoms with Gasteiger partial charge in [-0.25, -0.2) is 0 Å². The molecule has 0 bridgehead atoms. The van der Waals surface area contributed by atoms with Gasteiger partial charge in [-0.1, -0.05) is 23.7 Å². The SMILES string of the molecule is Cc1ccc(CNC(C)C2CCOC2)cc1Cl. The summed E-state index contributed by atoms with van der Waals surface area (Å²) in [5, 5.41) is 4.40. The topological polar surface area (TPSA) is 21.3 Å². The van der Waals surface area contributed by atoms with Crippen molar-refractivity contribution in [2.45, 2.75) is 32.9 Å². The summed E-state index contributed by atoms with van der Waals surface area (Å²) in [6.45, 7) is 6.93. The Morgan fingerprint density at radius 2 is 2.35 bits per heavy atom. The summed E-state index contributed by atoms with van der Waals surface area (Å²) in [6.07, 6.45) is 1.17. The highest BCUT2D eigenvalue weighted by Crippen LogP contribution is 2.19. The van der Waals surface area contributed by atoms with Crippen molar-refractivity contribution >= 4 is 11.6 Å². The molecule has 0 radical (unpaired) electrons. The van der Waals surface area contributed by atoms with Crippen molar-refractivity contribution < 1.29 is 4.74 Å². The molecule has 0 aromatic heterocycles. The third kappa shape index (κ3) is 3.44. The third-order valence-electron chi connectivity index (χ3n) is 3.54. The fourth-order valence-corrected chi connectivity index (χ4v) is 2.34. The first-order chi connectivity index (χ1) is 8.16. The van der Waals surface area contributed by atoms with Gasteiger partial charge in [0.05, 0.1) is 6.61 Å². The first-order valence-corrected chi connectivity index (χ1v) is 6.61. The van der Waals surface area contributed by atoms with Crippen LogP contribution in [0.4, 0.5) is 0 Å². The minimum absolute atomic E-state index is 0.498. The minimum Gasteiger partial charge on any atom is -0.381 e. The molecule has 2 atom stereocenters. The maximum atomic E-state index is 6.11. The Morgan fingerprint density at radius 1 is 1.53 bits per heavy atom. The Morgan fingerprint density at radius 3 is 3.00 bits per heavy atom. The van der Waals surface area contributed by atoms with E-state index in [0.29, 0.717) is 12.0 Å². The summed E-state index contributed by atoms with van der Waals surface area (Å²) < 4.78 is 5.40. The van der Waals surface area contributed by atoms with Crippen LogP contribution in [0.25, 0.3) is 0 Å². The molecule has 1 aliphatic heterocycles.